The van der Waals surface area contributed by atoms with Crippen LogP contribution in [-0.2, 0) is 4.79 Å². The zero-order chi connectivity index (χ0) is 20.3. The van der Waals surface area contributed by atoms with Gasteiger partial charge in [0.25, 0.3) is 0 Å². The summed E-state index contributed by atoms with van der Waals surface area (Å²) >= 11 is 0. The third-order valence-corrected chi connectivity index (χ3v) is 10.2. The van der Waals surface area contributed by atoms with Gasteiger partial charge in [0.15, 0.2) is 0 Å². The molecule has 0 spiro atoms. The summed E-state index contributed by atoms with van der Waals surface area (Å²) in [5.41, 5.74) is 0.523. The molecule has 4 aliphatic carbocycles. The van der Waals surface area contributed by atoms with Crippen molar-refractivity contribution in [1.82, 2.24) is 0 Å². The molecular formula is C24H40O4. The zero-order valence-corrected chi connectivity index (χ0v) is 17.9. The molecule has 4 aliphatic rings. The van der Waals surface area contributed by atoms with Crippen LogP contribution in [0.2, 0.25) is 0 Å². The van der Waals surface area contributed by atoms with Gasteiger partial charge in [0.2, 0.25) is 0 Å². The van der Waals surface area contributed by atoms with Crippen molar-refractivity contribution in [2.75, 3.05) is 0 Å². The first-order valence-corrected chi connectivity index (χ1v) is 11.7. The smallest absolute Gasteiger partial charge is 0.303 e. The van der Waals surface area contributed by atoms with Crippen molar-refractivity contribution in [3.63, 3.8) is 0 Å². The van der Waals surface area contributed by atoms with Gasteiger partial charge < -0.3 is 15.3 Å². The molecule has 0 radical (unpaired) electrons. The van der Waals surface area contributed by atoms with Crippen molar-refractivity contribution in [2.24, 2.45) is 46.3 Å². The molecule has 4 rings (SSSR count). The van der Waals surface area contributed by atoms with E-state index in [0.717, 1.165) is 32.1 Å². The monoisotopic (exact) mass is 392 g/mol. The second kappa shape index (κ2) is 7.27. The molecule has 28 heavy (non-hydrogen) atoms. The van der Waals surface area contributed by atoms with E-state index < -0.39 is 5.97 Å². The Labute approximate surface area is 170 Å². The number of carboxylic acids is 1. The maximum Gasteiger partial charge on any atom is 0.303 e. The first-order valence-electron chi connectivity index (χ1n) is 11.7. The maximum atomic E-state index is 11.2. The minimum atomic E-state index is -0.684. The quantitative estimate of drug-likeness (QED) is 0.659. The fraction of sp³-hybridized carbons (Fsp3) is 0.958. The zero-order valence-electron chi connectivity index (χ0n) is 17.9. The Balaban J connectivity index is 1.55. The molecule has 3 N–H and O–H groups in total. The molecule has 1 unspecified atom stereocenters. The SMILES string of the molecule is C[C@H](CCC(=O)O)C1CC[C@H]2[C@@H]3[C@H](O)C[C@@H]4C[C@H](O)CC[C@]4(C)[C@H]3CC[C@]12C. The minimum Gasteiger partial charge on any atom is -0.481 e. The predicted octanol–water partition coefficient (Wildman–Crippen LogP) is 4.48. The van der Waals surface area contributed by atoms with Crippen LogP contribution in [0.4, 0.5) is 0 Å². The highest BCUT2D eigenvalue weighted by atomic mass is 16.4. The molecule has 0 aromatic heterocycles. The van der Waals surface area contributed by atoms with Crippen LogP contribution in [-0.4, -0.2) is 33.5 Å². The summed E-state index contributed by atoms with van der Waals surface area (Å²) in [6.45, 7) is 7.16. The summed E-state index contributed by atoms with van der Waals surface area (Å²) in [5.74, 6) is 2.36. The standard InChI is InChI=1S/C24H40O4/c1-14(4-7-21(27)28)17-5-6-18-22-19(9-11-24(17,18)3)23(2)10-8-16(25)12-15(23)13-20(22)26/h14-20,22,25-26H,4-13H2,1-3H3,(H,27,28)/t14-,15+,16-,17?,18+,19+,20-,22+,23+,24-/m1/s1. The van der Waals surface area contributed by atoms with Gasteiger partial charge in [0.05, 0.1) is 12.2 Å². The van der Waals surface area contributed by atoms with E-state index in [1.807, 2.05) is 0 Å². The fourth-order valence-electron chi connectivity index (χ4n) is 8.73. The van der Waals surface area contributed by atoms with Crippen LogP contribution < -0.4 is 0 Å². The molecule has 4 saturated carbocycles. The molecule has 0 bridgehead atoms. The highest BCUT2D eigenvalue weighted by Crippen LogP contribution is 2.68. The predicted molar refractivity (Wildman–Crippen MR) is 109 cm³/mol. The van der Waals surface area contributed by atoms with E-state index in [1.54, 1.807) is 0 Å². The van der Waals surface area contributed by atoms with Gasteiger partial charge in [0, 0.05) is 6.42 Å². The Morgan fingerprint density at radius 2 is 1.68 bits per heavy atom. The van der Waals surface area contributed by atoms with Crippen LogP contribution in [0, 0.1) is 46.3 Å². The van der Waals surface area contributed by atoms with Gasteiger partial charge in [-0.3, -0.25) is 4.79 Å². The molecule has 160 valence electrons. The van der Waals surface area contributed by atoms with Crippen molar-refractivity contribution in [1.29, 1.82) is 0 Å². The van der Waals surface area contributed by atoms with Crippen molar-refractivity contribution in [3.8, 4) is 0 Å². The number of hydrogen-bond acceptors (Lipinski definition) is 3. The second-order valence-electron chi connectivity index (χ2n) is 11.4. The van der Waals surface area contributed by atoms with Crippen LogP contribution in [0.15, 0.2) is 0 Å². The summed E-state index contributed by atoms with van der Waals surface area (Å²) in [6.07, 6.45) is 9.19. The highest BCUT2D eigenvalue weighted by Gasteiger charge is 2.62. The summed E-state index contributed by atoms with van der Waals surface area (Å²) in [5, 5.41) is 30.5. The Kier molecular flexibility index (Phi) is 5.36. The third kappa shape index (κ3) is 3.14. The molecule has 0 aromatic rings. The maximum absolute atomic E-state index is 11.2. The van der Waals surface area contributed by atoms with E-state index in [-0.39, 0.29) is 29.5 Å². The topological polar surface area (TPSA) is 77.8 Å². The summed E-state index contributed by atoms with van der Waals surface area (Å²) < 4.78 is 0. The molecule has 4 fully saturated rings. The van der Waals surface area contributed by atoms with Crippen molar-refractivity contribution < 1.29 is 20.1 Å². The van der Waals surface area contributed by atoms with Gasteiger partial charge >= 0.3 is 5.97 Å². The largest absolute Gasteiger partial charge is 0.481 e. The molecule has 0 amide bonds. The average molecular weight is 393 g/mol. The number of fused-ring (bicyclic) bond motifs is 5. The van der Waals surface area contributed by atoms with Gasteiger partial charge in [-0.05, 0) is 104 Å². The van der Waals surface area contributed by atoms with Crippen molar-refractivity contribution in [2.45, 2.75) is 97.2 Å². The van der Waals surface area contributed by atoms with E-state index in [9.17, 15) is 15.0 Å². The highest BCUT2D eigenvalue weighted by molar-refractivity contribution is 5.66. The Morgan fingerprint density at radius 1 is 1.00 bits per heavy atom. The number of aliphatic hydroxyl groups is 2. The average Bonchev–Trinajstić information content (AvgIpc) is 2.98. The van der Waals surface area contributed by atoms with E-state index in [0.29, 0.717) is 35.5 Å². The molecule has 10 atom stereocenters. The number of carboxylic acid groups (broad SMARTS) is 1. The summed E-state index contributed by atoms with van der Waals surface area (Å²) in [6, 6.07) is 0. The number of aliphatic carboxylic acids is 1. The lowest BCUT2D eigenvalue weighted by Crippen LogP contribution is -2.58. The summed E-state index contributed by atoms with van der Waals surface area (Å²) in [7, 11) is 0. The Morgan fingerprint density at radius 3 is 2.39 bits per heavy atom. The normalized spacial score (nSPS) is 51.7. The van der Waals surface area contributed by atoms with Crippen molar-refractivity contribution >= 4 is 5.97 Å². The van der Waals surface area contributed by atoms with Gasteiger partial charge in [-0.25, -0.2) is 0 Å². The van der Waals surface area contributed by atoms with E-state index in [1.165, 1.54) is 25.7 Å². The molecule has 0 aliphatic heterocycles. The lowest BCUT2D eigenvalue weighted by Gasteiger charge is -2.62. The van der Waals surface area contributed by atoms with Crippen LogP contribution >= 0.6 is 0 Å². The number of rotatable bonds is 4. The lowest BCUT2D eigenvalue weighted by molar-refractivity contribution is -0.174. The molecule has 0 saturated heterocycles. The lowest BCUT2D eigenvalue weighted by atomic mass is 9.43. The third-order valence-electron chi connectivity index (χ3n) is 10.2. The molecule has 0 aromatic carbocycles. The van der Waals surface area contributed by atoms with E-state index >= 15 is 0 Å². The second-order valence-corrected chi connectivity index (χ2v) is 11.4. The number of carbonyl (C=O) groups is 1. The summed E-state index contributed by atoms with van der Waals surface area (Å²) in [4.78, 5) is 11.1. The van der Waals surface area contributed by atoms with Crippen molar-refractivity contribution in [3.05, 3.63) is 0 Å². The number of hydrogen-bond donors (Lipinski definition) is 3. The van der Waals surface area contributed by atoms with Gasteiger partial charge in [-0.1, -0.05) is 20.8 Å². The van der Waals surface area contributed by atoms with E-state index in [2.05, 4.69) is 20.8 Å². The van der Waals surface area contributed by atoms with Gasteiger partial charge in [-0.2, -0.15) is 0 Å². The molecular weight excluding hydrogens is 352 g/mol. The van der Waals surface area contributed by atoms with Crippen LogP contribution in [0.5, 0.6) is 0 Å². The molecule has 0 heterocycles. The van der Waals surface area contributed by atoms with Crippen LogP contribution in [0.1, 0.15) is 85.0 Å². The Bertz CT molecular complexity index is 605. The fourth-order valence-corrected chi connectivity index (χ4v) is 8.73. The van der Waals surface area contributed by atoms with Gasteiger partial charge in [0.1, 0.15) is 0 Å². The van der Waals surface area contributed by atoms with E-state index in [4.69, 9.17) is 5.11 Å². The number of aliphatic hydroxyl groups excluding tert-OH is 2. The molecule has 4 nitrogen and oxygen atoms in total. The Hall–Kier alpha value is -0.610. The van der Waals surface area contributed by atoms with Crippen LogP contribution in [0.3, 0.4) is 0 Å². The molecule has 4 heteroatoms. The first-order chi connectivity index (χ1) is 13.2. The van der Waals surface area contributed by atoms with Crippen LogP contribution in [0.25, 0.3) is 0 Å². The first kappa shape index (κ1) is 20.7. The minimum absolute atomic E-state index is 0.179. The van der Waals surface area contributed by atoms with Gasteiger partial charge in [-0.15, -0.1) is 0 Å².